The lowest BCUT2D eigenvalue weighted by Crippen LogP contribution is -2.68. The molecule has 20 nitrogen and oxygen atoms in total. The van der Waals surface area contributed by atoms with Crippen LogP contribution in [-0.4, -0.2) is 117 Å². The number of rotatable bonds is 14. The average Bonchev–Trinajstić information content (AvgIpc) is 3.62. The number of carbonyl (C=O) groups is 6. The fourth-order valence-corrected chi connectivity index (χ4v) is 7.76. The van der Waals surface area contributed by atoms with Crippen LogP contribution in [0.4, 0.5) is 9.93 Å². The maximum Gasteiger partial charge on any atom is 0.350 e. The molecule has 1 aromatic carbocycles. The highest BCUT2D eigenvalue weighted by atomic mass is 32.2. The van der Waals surface area contributed by atoms with Gasteiger partial charge in [-0.2, -0.15) is 5.10 Å². The number of oxime groups is 1. The fourth-order valence-electron chi connectivity index (χ4n) is 4.17. The number of aromatic hydroxyl groups is 2. The summed E-state index contributed by atoms with van der Waals surface area (Å²) in [7, 11) is 0. The number of β-lactam (4-membered cyclic amide) rings is 1. The zero-order chi connectivity index (χ0) is 36.3. The number of nitrogens with two attached hydrogens (primary N) is 2. The Labute approximate surface area is 288 Å². The molecule has 5 amide bonds. The topological polar surface area (TPSA) is 322 Å². The van der Waals surface area contributed by atoms with E-state index in [0.717, 1.165) is 47.0 Å². The van der Waals surface area contributed by atoms with Crippen LogP contribution in [0, 0.1) is 0 Å². The quantitative estimate of drug-likeness (QED) is 0.0362. The molecule has 2 aliphatic rings. The number of hydrogen-bond acceptors (Lipinski definition) is 16. The first kappa shape index (κ1) is 36.5. The highest BCUT2D eigenvalue weighted by Gasteiger charge is 2.62. The Morgan fingerprint density at radius 3 is 2.47 bits per heavy atom. The van der Waals surface area contributed by atoms with Crippen molar-refractivity contribution in [2.45, 2.75) is 34.9 Å². The summed E-state index contributed by atoms with van der Waals surface area (Å²) in [5.41, 5.74) is 9.94. The number of carboxylic acids is 2. The Morgan fingerprint density at radius 1 is 1.16 bits per heavy atom. The third kappa shape index (κ3) is 8.06. The summed E-state index contributed by atoms with van der Waals surface area (Å²) in [5, 5.41) is 51.9. The van der Waals surface area contributed by atoms with Crippen LogP contribution in [0.2, 0.25) is 0 Å². The molecule has 0 saturated carbocycles. The number of nitrogens with one attached hydrogen (secondary N) is 3. The molecule has 0 unspecified atom stereocenters. The van der Waals surface area contributed by atoms with E-state index >= 15 is 0 Å². The second kappa shape index (κ2) is 14.4. The van der Waals surface area contributed by atoms with Crippen molar-refractivity contribution in [3.63, 3.8) is 0 Å². The second-order valence-electron chi connectivity index (χ2n) is 10.6. The molecular formula is C26H29N9O11S3. The molecular weight excluding hydrogens is 711 g/mol. The fraction of sp³-hybridized carbons (Fsp3) is 0.346. The predicted molar refractivity (Wildman–Crippen MR) is 176 cm³/mol. The summed E-state index contributed by atoms with van der Waals surface area (Å²) in [5.74, 6) is -5.99. The third-order valence-corrected chi connectivity index (χ3v) is 10.7. The Bertz CT molecular complexity index is 1770. The molecule has 49 heavy (non-hydrogen) atoms. The van der Waals surface area contributed by atoms with E-state index in [9.17, 15) is 49.2 Å². The number of nitrogen functional groups attached to an aromatic ring is 1. The van der Waals surface area contributed by atoms with Crippen molar-refractivity contribution in [1.29, 1.82) is 0 Å². The number of benzene rings is 1. The van der Waals surface area contributed by atoms with Crippen molar-refractivity contribution < 1.29 is 54.0 Å². The smallest absolute Gasteiger partial charge is 0.350 e. The van der Waals surface area contributed by atoms with E-state index in [-0.39, 0.29) is 40.9 Å². The molecule has 2 aliphatic heterocycles. The number of urea groups is 1. The number of aliphatic carboxylic acids is 2. The van der Waals surface area contributed by atoms with Crippen molar-refractivity contribution >= 4 is 87.1 Å². The summed E-state index contributed by atoms with van der Waals surface area (Å²) in [6.07, 6.45) is 0. The summed E-state index contributed by atoms with van der Waals surface area (Å²) in [6, 6.07) is 1.12. The molecule has 11 N–H and O–H groups in total. The Morgan fingerprint density at radius 2 is 1.88 bits per heavy atom. The van der Waals surface area contributed by atoms with E-state index in [2.05, 4.69) is 25.9 Å². The summed E-state index contributed by atoms with van der Waals surface area (Å²) in [6.45, 7) is 2.07. The minimum absolute atomic E-state index is 0.0159. The summed E-state index contributed by atoms with van der Waals surface area (Å²) < 4.78 is -1.59. The number of amides is 5. The van der Waals surface area contributed by atoms with Crippen molar-refractivity contribution in [3.05, 3.63) is 34.8 Å². The number of fused-ring (bicyclic) bond motifs is 1. The lowest BCUT2D eigenvalue weighted by Gasteiger charge is -2.41. The molecule has 3 heterocycles. The van der Waals surface area contributed by atoms with Gasteiger partial charge < -0.3 is 52.3 Å². The van der Waals surface area contributed by atoms with Crippen LogP contribution in [0.25, 0.3) is 0 Å². The Balaban J connectivity index is 1.41. The molecule has 262 valence electrons. The molecule has 1 aromatic heterocycles. The largest absolute Gasteiger partial charge is 0.504 e. The van der Waals surface area contributed by atoms with Crippen LogP contribution in [0.5, 0.6) is 11.5 Å². The van der Waals surface area contributed by atoms with Crippen LogP contribution in [-0.2, 0) is 28.8 Å². The normalized spacial score (nSPS) is 20.5. The second-order valence-corrected chi connectivity index (χ2v) is 14.6. The Kier molecular flexibility index (Phi) is 10.8. The van der Waals surface area contributed by atoms with E-state index in [0.29, 0.717) is 0 Å². The molecule has 23 heteroatoms. The number of hydrogen-bond donors (Lipinski definition) is 9. The van der Waals surface area contributed by atoms with Gasteiger partial charge in [-0.1, -0.05) is 5.16 Å². The van der Waals surface area contributed by atoms with E-state index in [1.807, 2.05) is 5.43 Å². The van der Waals surface area contributed by atoms with Gasteiger partial charge in [0.2, 0.25) is 11.5 Å². The van der Waals surface area contributed by atoms with Gasteiger partial charge in [-0.15, -0.1) is 34.9 Å². The number of anilines is 1. The maximum absolute atomic E-state index is 13.3. The van der Waals surface area contributed by atoms with Gasteiger partial charge in [0.1, 0.15) is 17.1 Å². The van der Waals surface area contributed by atoms with E-state index in [1.165, 1.54) is 30.2 Å². The number of nitrogens with zero attached hydrogens (tertiary/aromatic N) is 4. The predicted octanol–water partition coefficient (Wildman–Crippen LogP) is -1.18. The first-order chi connectivity index (χ1) is 23.0. The van der Waals surface area contributed by atoms with Crippen LogP contribution in [0.1, 0.15) is 25.1 Å². The van der Waals surface area contributed by atoms with Gasteiger partial charge in [-0.3, -0.25) is 14.4 Å². The highest BCUT2D eigenvalue weighted by molar-refractivity contribution is 8.20. The molecule has 0 aliphatic carbocycles. The minimum Gasteiger partial charge on any atom is -0.504 e. The molecule has 0 bridgehead atoms. The number of primary amides is 1. The molecule has 0 radical (unpaired) electrons. The van der Waals surface area contributed by atoms with Crippen molar-refractivity contribution in [1.82, 2.24) is 25.9 Å². The van der Waals surface area contributed by atoms with Crippen LogP contribution in [0.3, 0.4) is 0 Å². The lowest BCUT2D eigenvalue weighted by molar-refractivity contribution is -0.161. The zero-order valence-electron chi connectivity index (χ0n) is 25.4. The average molecular weight is 740 g/mol. The lowest BCUT2D eigenvalue weighted by atomic mass is 10.1. The third-order valence-electron chi connectivity index (χ3n) is 6.77. The number of aromatic nitrogens is 1. The first-order valence-corrected chi connectivity index (χ1v) is 16.5. The molecule has 2 saturated heterocycles. The highest BCUT2D eigenvalue weighted by Crippen LogP contribution is 2.52. The number of thiazole rings is 1. The maximum atomic E-state index is 13.3. The van der Waals surface area contributed by atoms with Crippen LogP contribution >= 0.6 is 34.9 Å². The molecule has 3 atom stereocenters. The van der Waals surface area contributed by atoms with E-state index in [1.54, 1.807) is 0 Å². The standard InChI is InChI=1S/C26H29N9O11S3/c1-25(2,21(41)42)46-34-15(11-8-47-24(28)30-11)18(39)31-16-19(40)35-9-26(22(43)44,49-20(16)35)48-6-5-29-17(38)14(32-33-23(27)45)10-3-4-12(36)13(37)7-10/h3-4,7-8,16,20,36-37H,5-6,9H2,1-2H3,(H2,28,30)(H,29,38)(H,31,39)(H,41,42)(H,43,44)(H3,27,33,45)/b32-14?,34-15-/t16-,20-,26-/m1/s1. The van der Waals surface area contributed by atoms with Gasteiger partial charge in [-0.25, -0.2) is 24.8 Å². The number of phenolic OH excluding ortho intramolecular Hbond substituents is 2. The van der Waals surface area contributed by atoms with Gasteiger partial charge in [0.05, 0.1) is 6.54 Å². The molecule has 2 fully saturated rings. The Hall–Kier alpha value is -5.29. The summed E-state index contributed by atoms with van der Waals surface area (Å²) in [4.78, 5) is 84.6. The molecule has 4 rings (SSSR count). The van der Waals surface area contributed by atoms with E-state index < -0.39 is 74.0 Å². The first-order valence-electron chi connectivity index (χ1n) is 13.8. The van der Waals surface area contributed by atoms with Crippen molar-refractivity contribution in [3.8, 4) is 11.5 Å². The SMILES string of the molecule is CC(C)(O/N=C(\C(=O)N[C@@H]1C(=O)N2C[C@](SCCNC(=O)C(=NNC(N)=O)c3ccc(O)c(O)c3)(C(=O)O)S[C@H]12)c1csc(N)n1)C(=O)O. The zero-order valence-corrected chi connectivity index (χ0v) is 27.8. The molecule has 2 aromatic rings. The van der Waals surface area contributed by atoms with Gasteiger partial charge in [-0.05, 0) is 32.0 Å². The number of carboxylic acid groups (broad SMARTS) is 2. The number of hydrazone groups is 1. The van der Waals surface area contributed by atoms with Crippen LogP contribution in [0.15, 0.2) is 33.8 Å². The van der Waals surface area contributed by atoms with Gasteiger partial charge in [0.25, 0.3) is 11.8 Å². The van der Waals surface area contributed by atoms with Crippen molar-refractivity contribution in [2.75, 3.05) is 24.6 Å². The number of phenols is 2. The van der Waals surface area contributed by atoms with Gasteiger partial charge in [0.15, 0.2) is 32.1 Å². The van der Waals surface area contributed by atoms with E-state index in [4.69, 9.17) is 16.3 Å². The minimum atomic E-state index is -1.82. The number of carbonyl (C=O) groups excluding carboxylic acids is 4. The van der Waals surface area contributed by atoms with Gasteiger partial charge >= 0.3 is 18.0 Å². The molecule has 0 spiro atoms. The summed E-state index contributed by atoms with van der Waals surface area (Å²) >= 11 is 2.80. The van der Waals surface area contributed by atoms with Crippen molar-refractivity contribution in [2.24, 2.45) is 16.0 Å². The van der Waals surface area contributed by atoms with Gasteiger partial charge in [0, 0.05) is 23.2 Å². The number of thioether (sulfide) groups is 2. The monoisotopic (exact) mass is 739 g/mol. The van der Waals surface area contributed by atoms with Crippen LogP contribution < -0.4 is 27.5 Å².